The molecule has 2 heterocycles. The number of hydrogen-bond donors (Lipinski definition) is 2. The Kier molecular flexibility index (Phi) is 2.85. The lowest BCUT2D eigenvalue weighted by Crippen LogP contribution is -2.35. The molecule has 3 aromatic rings. The van der Waals surface area contributed by atoms with E-state index < -0.39 is 0 Å². The lowest BCUT2D eigenvalue weighted by atomic mass is 9.99. The molecule has 0 saturated heterocycles. The summed E-state index contributed by atoms with van der Waals surface area (Å²) in [5.41, 5.74) is 4.24. The number of amides is 1. The Morgan fingerprint density at radius 2 is 1.77 bits per heavy atom. The highest BCUT2D eigenvalue weighted by Crippen LogP contribution is 2.21. The van der Waals surface area contributed by atoms with Gasteiger partial charge in [0.15, 0.2) is 0 Å². The first-order valence-electron chi connectivity index (χ1n) is 7.29. The first kappa shape index (κ1) is 12.9. The van der Waals surface area contributed by atoms with E-state index in [2.05, 4.69) is 22.1 Å². The third-order valence-electron chi connectivity index (χ3n) is 4.18. The Morgan fingerprint density at radius 1 is 1.00 bits per heavy atom. The minimum Gasteiger partial charge on any atom is -0.334 e. The number of carbonyl (C=O) groups is 1. The van der Waals surface area contributed by atoms with Crippen LogP contribution in [0, 0.1) is 0 Å². The molecule has 0 atom stereocenters. The minimum atomic E-state index is -0.258. The third kappa shape index (κ3) is 2.11. The highest BCUT2D eigenvalue weighted by molar-refractivity contribution is 5.97. The number of fused-ring (bicyclic) bond motifs is 2. The van der Waals surface area contributed by atoms with E-state index in [-0.39, 0.29) is 11.6 Å². The van der Waals surface area contributed by atoms with Crippen LogP contribution in [0.1, 0.15) is 21.5 Å². The Balaban J connectivity index is 1.64. The van der Waals surface area contributed by atoms with Gasteiger partial charge in [0.05, 0.1) is 11.0 Å². The molecule has 2 N–H and O–H groups in total. The largest absolute Gasteiger partial charge is 0.334 e. The molecule has 1 aromatic heterocycles. The van der Waals surface area contributed by atoms with Gasteiger partial charge in [0, 0.05) is 18.7 Å². The van der Waals surface area contributed by atoms with Crippen molar-refractivity contribution in [3.63, 3.8) is 0 Å². The fourth-order valence-electron chi connectivity index (χ4n) is 3.02. The predicted octanol–water partition coefficient (Wildman–Crippen LogP) is 2.05. The van der Waals surface area contributed by atoms with Gasteiger partial charge in [0.25, 0.3) is 5.91 Å². The smallest absolute Gasteiger partial charge is 0.323 e. The van der Waals surface area contributed by atoms with Crippen molar-refractivity contribution in [2.24, 2.45) is 0 Å². The van der Waals surface area contributed by atoms with E-state index >= 15 is 0 Å². The van der Waals surface area contributed by atoms with E-state index in [1.165, 1.54) is 11.1 Å². The van der Waals surface area contributed by atoms with Crippen LogP contribution < -0.4 is 5.69 Å². The summed E-state index contributed by atoms with van der Waals surface area (Å²) in [6, 6.07) is 13.5. The van der Waals surface area contributed by atoms with Crippen LogP contribution in [0.15, 0.2) is 47.3 Å². The maximum absolute atomic E-state index is 12.7. The molecule has 1 aliphatic rings. The van der Waals surface area contributed by atoms with Gasteiger partial charge >= 0.3 is 5.69 Å². The van der Waals surface area contributed by atoms with Gasteiger partial charge in [-0.05, 0) is 35.7 Å². The Bertz CT molecular complexity index is 923. The first-order chi connectivity index (χ1) is 10.7. The number of nitrogens with one attached hydrogen (secondary N) is 2. The molecule has 1 amide bonds. The second kappa shape index (κ2) is 4.87. The highest BCUT2D eigenvalue weighted by atomic mass is 16.2. The standard InChI is InChI=1S/C17H15N3O2/c21-16(12-5-6-14-15(9-12)19-17(22)18-14)20-8-7-11-3-1-2-4-13(11)10-20/h1-6,9H,7-8,10H2,(H2,18,19,22). The summed E-state index contributed by atoms with van der Waals surface area (Å²) in [6.07, 6.45) is 0.880. The summed E-state index contributed by atoms with van der Waals surface area (Å²) in [6.45, 7) is 1.36. The van der Waals surface area contributed by atoms with E-state index in [9.17, 15) is 9.59 Å². The molecule has 0 spiro atoms. The Hall–Kier alpha value is -2.82. The number of aromatic amines is 2. The number of H-pyrrole nitrogens is 2. The van der Waals surface area contributed by atoms with Gasteiger partial charge < -0.3 is 14.9 Å². The van der Waals surface area contributed by atoms with Crippen LogP contribution in [0.4, 0.5) is 0 Å². The average molecular weight is 293 g/mol. The van der Waals surface area contributed by atoms with E-state index in [0.717, 1.165) is 13.0 Å². The third-order valence-corrected chi connectivity index (χ3v) is 4.18. The van der Waals surface area contributed by atoms with Crippen molar-refractivity contribution in [1.29, 1.82) is 0 Å². The molecule has 1 aliphatic heterocycles. The van der Waals surface area contributed by atoms with E-state index in [0.29, 0.717) is 23.1 Å². The van der Waals surface area contributed by atoms with Gasteiger partial charge in [0.1, 0.15) is 0 Å². The number of nitrogens with zero attached hydrogens (tertiary/aromatic N) is 1. The summed E-state index contributed by atoms with van der Waals surface area (Å²) in [5.74, 6) is -0.00143. The molecule has 5 nitrogen and oxygen atoms in total. The number of imidazole rings is 1. The summed E-state index contributed by atoms with van der Waals surface area (Å²) < 4.78 is 0. The van der Waals surface area contributed by atoms with Crippen molar-refractivity contribution in [3.8, 4) is 0 Å². The Labute approximate surface area is 126 Å². The summed E-state index contributed by atoms with van der Waals surface area (Å²) in [5, 5.41) is 0. The molecule has 0 fully saturated rings. The maximum atomic E-state index is 12.7. The number of rotatable bonds is 1. The van der Waals surface area contributed by atoms with E-state index in [4.69, 9.17) is 0 Å². The van der Waals surface area contributed by atoms with Crippen molar-refractivity contribution in [2.45, 2.75) is 13.0 Å². The summed E-state index contributed by atoms with van der Waals surface area (Å²) in [4.78, 5) is 31.2. The van der Waals surface area contributed by atoms with Crippen molar-refractivity contribution < 1.29 is 4.79 Å². The van der Waals surface area contributed by atoms with Crippen molar-refractivity contribution in [2.75, 3.05) is 6.54 Å². The van der Waals surface area contributed by atoms with Gasteiger partial charge in [-0.3, -0.25) is 4.79 Å². The SMILES string of the molecule is O=C(c1ccc2[nH]c(=O)[nH]c2c1)N1CCc2ccccc2C1. The predicted molar refractivity (Wildman–Crippen MR) is 83.8 cm³/mol. The zero-order chi connectivity index (χ0) is 15.1. The second-order valence-electron chi connectivity index (χ2n) is 5.58. The minimum absolute atomic E-state index is 0.00143. The van der Waals surface area contributed by atoms with E-state index in [1.807, 2.05) is 17.0 Å². The molecule has 4 rings (SSSR count). The van der Waals surface area contributed by atoms with Gasteiger partial charge in [-0.1, -0.05) is 24.3 Å². The Morgan fingerprint density at radius 3 is 2.64 bits per heavy atom. The van der Waals surface area contributed by atoms with Crippen LogP contribution in [0.2, 0.25) is 0 Å². The zero-order valence-corrected chi connectivity index (χ0v) is 11.9. The van der Waals surface area contributed by atoms with Crippen molar-refractivity contribution in [1.82, 2.24) is 14.9 Å². The lowest BCUT2D eigenvalue weighted by molar-refractivity contribution is 0.0735. The summed E-state index contributed by atoms with van der Waals surface area (Å²) >= 11 is 0. The quantitative estimate of drug-likeness (QED) is 0.721. The zero-order valence-electron chi connectivity index (χ0n) is 11.9. The lowest BCUT2D eigenvalue weighted by Gasteiger charge is -2.29. The fraction of sp³-hybridized carbons (Fsp3) is 0.176. The molecule has 5 heteroatoms. The van der Waals surface area contributed by atoms with Gasteiger partial charge in [-0.2, -0.15) is 0 Å². The average Bonchev–Trinajstić information content (AvgIpc) is 2.92. The van der Waals surface area contributed by atoms with Crippen LogP contribution in [-0.4, -0.2) is 27.3 Å². The molecule has 0 unspecified atom stereocenters. The van der Waals surface area contributed by atoms with E-state index in [1.54, 1.807) is 18.2 Å². The van der Waals surface area contributed by atoms with Crippen LogP contribution >= 0.6 is 0 Å². The van der Waals surface area contributed by atoms with Gasteiger partial charge in [0.2, 0.25) is 0 Å². The topological polar surface area (TPSA) is 69.0 Å². The summed E-state index contributed by atoms with van der Waals surface area (Å²) in [7, 11) is 0. The molecular formula is C17H15N3O2. The maximum Gasteiger partial charge on any atom is 0.323 e. The van der Waals surface area contributed by atoms with Crippen molar-refractivity contribution in [3.05, 3.63) is 69.6 Å². The number of hydrogen-bond acceptors (Lipinski definition) is 2. The van der Waals surface area contributed by atoms with Crippen molar-refractivity contribution >= 4 is 16.9 Å². The molecule has 2 aromatic carbocycles. The van der Waals surface area contributed by atoms with Crippen LogP contribution in [-0.2, 0) is 13.0 Å². The second-order valence-corrected chi connectivity index (χ2v) is 5.58. The first-order valence-corrected chi connectivity index (χ1v) is 7.29. The van der Waals surface area contributed by atoms with Crippen LogP contribution in [0.25, 0.3) is 11.0 Å². The van der Waals surface area contributed by atoms with Gasteiger partial charge in [-0.25, -0.2) is 4.79 Å². The molecule has 110 valence electrons. The molecule has 0 saturated carbocycles. The monoisotopic (exact) mass is 293 g/mol. The normalized spacial score (nSPS) is 14.1. The molecule has 0 aliphatic carbocycles. The van der Waals surface area contributed by atoms with Gasteiger partial charge in [-0.15, -0.1) is 0 Å². The molecule has 0 radical (unpaired) electrons. The molecule has 22 heavy (non-hydrogen) atoms. The van der Waals surface area contributed by atoms with Crippen LogP contribution in [0.5, 0.6) is 0 Å². The molecular weight excluding hydrogens is 278 g/mol. The number of aromatic nitrogens is 2. The highest BCUT2D eigenvalue weighted by Gasteiger charge is 2.21. The van der Waals surface area contributed by atoms with Crippen LogP contribution in [0.3, 0.4) is 0 Å². The fourth-order valence-corrected chi connectivity index (χ4v) is 3.02. The number of benzene rings is 2. The number of carbonyl (C=O) groups excluding carboxylic acids is 1. The molecule has 0 bridgehead atoms.